The maximum absolute atomic E-state index is 13.0. The lowest BCUT2D eigenvalue weighted by atomic mass is 10.1. The molecule has 0 aliphatic carbocycles. The van der Waals surface area contributed by atoms with Crippen LogP contribution in [0.25, 0.3) is 17.3 Å². The number of hydrogen-bond donors (Lipinski definition) is 2. The molecule has 1 amide bonds. The van der Waals surface area contributed by atoms with Crippen molar-refractivity contribution in [2.75, 3.05) is 11.1 Å². The third-order valence-electron chi connectivity index (χ3n) is 3.97. The summed E-state index contributed by atoms with van der Waals surface area (Å²) in [7, 11) is 0. The highest BCUT2D eigenvalue weighted by Crippen LogP contribution is 2.22. The summed E-state index contributed by atoms with van der Waals surface area (Å²) in [5, 5.41) is 2.80. The minimum Gasteiger partial charge on any atom is -0.399 e. The molecule has 0 saturated heterocycles. The molecule has 6 heteroatoms. The van der Waals surface area contributed by atoms with E-state index in [0.717, 1.165) is 11.1 Å². The van der Waals surface area contributed by atoms with Gasteiger partial charge in [-0.15, -0.1) is 0 Å². The zero-order chi connectivity index (χ0) is 20.1. The molecule has 28 heavy (non-hydrogen) atoms. The average Bonchev–Trinajstić information content (AvgIpc) is 2.65. The maximum atomic E-state index is 13.0. The van der Waals surface area contributed by atoms with Crippen molar-refractivity contribution in [1.29, 1.82) is 0 Å². The number of amides is 1. The number of nitrogens with zero attached hydrogens (tertiary/aromatic N) is 2. The number of rotatable bonds is 5. The van der Waals surface area contributed by atoms with Crippen LogP contribution < -0.4 is 11.1 Å². The van der Waals surface area contributed by atoms with Crippen molar-refractivity contribution in [2.45, 2.75) is 20.3 Å². The molecule has 3 aromatic rings. The van der Waals surface area contributed by atoms with Crippen LogP contribution in [0.15, 0.2) is 60.3 Å². The summed E-state index contributed by atoms with van der Waals surface area (Å²) < 4.78 is 13.0. The number of hydrogen-bond acceptors (Lipinski definition) is 4. The average molecular weight is 376 g/mol. The fraction of sp³-hybridized carbons (Fsp3) is 0.136. The van der Waals surface area contributed by atoms with E-state index in [1.54, 1.807) is 30.5 Å². The summed E-state index contributed by atoms with van der Waals surface area (Å²) in [6.07, 6.45) is 3.60. The SMILES string of the molecule is CC(C)=Cc1nc(-c2ccc(N)cc2)cnc1NC(=O)Cc1ccc(F)cc1. The molecular formula is C22H21FN4O. The molecule has 0 unspecified atom stereocenters. The lowest BCUT2D eigenvalue weighted by molar-refractivity contribution is -0.115. The van der Waals surface area contributed by atoms with Crippen molar-refractivity contribution in [3.8, 4) is 11.3 Å². The lowest BCUT2D eigenvalue weighted by Gasteiger charge is -2.10. The molecule has 1 aromatic heterocycles. The van der Waals surface area contributed by atoms with Crippen molar-refractivity contribution in [2.24, 2.45) is 0 Å². The van der Waals surface area contributed by atoms with Crippen LogP contribution in [0, 0.1) is 5.82 Å². The van der Waals surface area contributed by atoms with Gasteiger partial charge >= 0.3 is 0 Å². The van der Waals surface area contributed by atoms with Gasteiger partial charge in [0.05, 0.1) is 18.3 Å². The number of anilines is 2. The van der Waals surface area contributed by atoms with Gasteiger partial charge in [-0.2, -0.15) is 0 Å². The van der Waals surface area contributed by atoms with Crippen molar-refractivity contribution in [1.82, 2.24) is 9.97 Å². The predicted molar refractivity (Wildman–Crippen MR) is 110 cm³/mol. The molecule has 3 N–H and O–H groups in total. The molecule has 0 aliphatic heterocycles. The minimum absolute atomic E-state index is 0.121. The summed E-state index contributed by atoms with van der Waals surface area (Å²) in [6, 6.07) is 13.2. The molecule has 3 rings (SSSR count). The van der Waals surface area contributed by atoms with Gasteiger partial charge in [-0.3, -0.25) is 4.79 Å². The summed E-state index contributed by atoms with van der Waals surface area (Å²) >= 11 is 0. The number of nitrogens with one attached hydrogen (secondary N) is 1. The summed E-state index contributed by atoms with van der Waals surface area (Å²) in [5.74, 6) is -0.198. The highest BCUT2D eigenvalue weighted by atomic mass is 19.1. The highest BCUT2D eigenvalue weighted by Gasteiger charge is 2.11. The van der Waals surface area contributed by atoms with Gasteiger partial charge in [0.1, 0.15) is 11.5 Å². The minimum atomic E-state index is -0.334. The molecule has 0 radical (unpaired) electrons. The van der Waals surface area contributed by atoms with Crippen molar-refractivity contribution >= 4 is 23.5 Å². The van der Waals surface area contributed by atoms with E-state index >= 15 is 0 Å². The number of benzene rings is 2. The highest BCUT2D eigenvalue weighted by molar-refractivity contribution is 5.93. The smallest absolute Gasteiger partial charge is 0.230 e. The molecule has 142 valence electrons. The summed E-state index contributed by atoms with van der Waals surface area (Å²) in [5.41, 5.74) is 10.3. The van der Waals surface area contributed by atoms with Crippen LogP contribution in [0.1, 0.15) is 25.1 Å². The summed E-state index contributed by atoms with van der Waals surface area (Å²) in [6.45, 7) is 3.89. The zero-order valence-electron chi connectivity index (χ0n) is 15.7. The molecular weight excluding hydrogens is 355 g/mol. The van der Waals surface area contributed by atoms with Gasteiger partial charge < -0.3 is 11.1 Å². The van der Waals surface area contributed by atoms with E-state index in [9.17, 15) is 9.18 Å². The van der Waals surface area contributed by atoms with Crippen LogP contribution in [0.3, 0.4) is 0 Å². The van der Waals surface area contributed by atoms with Crippen LogP contribution in [-0.4, -0.2) is 15.9 Å². The third kappa shape index (κ3) is 5.01. The fourth-order valence-corrected chi connectivity index (χ4v) is 2.63. The Morgan fingerprint density at radius 2 is 1.79 bits per heavy atom. The number of carbonyl (C=O) groups excluding carboxylic acids is 1. The van der Waals surface area contributed by atoms with Gasteiger partial charge in [0.25, 0.3) is 0 Å². The van der Waals surface area contributed by atoms with Crippen molar-refractivity contribution < 1.29 is 9.18 Å². The molecule has 2 aromatic carbocycles. The van der Waals surface area contributed by atoms with Crippen LogP contribution in [-0.2, 0) is 11.2 Å². The van der Waals surface area contributed by atoms with Crippen LogP contribution in [0.2, 0.25) is 0 Å². The molecule has 0 fully saturated rings. The molecule has 0 aliphatic rings. The van der Waals surface area contributed by atoms with Gasteiger partial charge in [0.2, 0.25) is 5.91 Å². The number of nitrogens with two attached hydrogens (primary N) is 1. The molecule has 1 heterocycles. The second-order valence-corrected chi connectivity index (χ2v) is 6.68. The topological polar surface area (TPSA) is 80.9 Å². The maximum Gasteiger partial charge on any atom is 0.230 e. The number of allylic oxidation sites excluding steroid dienone is 1. The Labute approximate surface area is 163 Å². The Morgan fingerprint density at radius 1 is 1.11 bits per heavy atom. The first-order chi connectivity index (χ1) is 13.4. The molecule has 0 spiro atoms. The molecule has 5 nitrogen and oxygen atoms in total. The number of nitrogen functional groups attached to an aromatic ring is 1. The Kier molecular flexibility index (Phi) is 5.79. The van der Waals surface area contributed by atoms with E-state index < -0.39 is 0 Å². The van der Waals surface area contributed by atoms with Crippen LogP contribution >= 0.6 is 0 Å². The predicted octanol–water partition coefficient (Wildman–Crippen LogP) is 4.47. The first kappa shape index (κ1) is 19.2. The van der Waals surface area contributed by atoms with E-state index in [-0.39, 0.29) is 18.1 Å². The second-order valence-electron chi connectivity index (χ2n) is 6.68. The first-order valence-electron chi connectivity index (χ1n) is 8.83. The van der Waals surface area contributed by atoms with E-state index in [1.807, 2.05) is 32.1 Å². The number of halogens is 1. The Bertz CT molecular complexity index is 1010. The Morgan fingerprint density at radius 3 is 2.43 bits per heavy atom. The monoisotopic (exact) mass is 376 g/mol. The Balaban J connectivity index is 1.85. The molecule has 0 atom stereocenters. The Hall–Kier alpha value is -3.54. The van der Waals surface area contributed by atoms with Gasteiger partial charge in [-0.1, -0.05) is 29.8 Å². The third-order valence-corrected chi connectivity index (χ3v) is 3.97. The molecule has 0 saturated carbocycles. The fourth-order valence-electron chi connectivity index (χ4n) is 2.63. The van der Waals surface area contributed by atoms with E-state index in [2.05, 4.69) is 15.3 Å². The van der Waals surface area contributed by atoms with Gasteiger partial charge in [0.15, 0.2) is 5.82 Å². The van der Waals surface area contributed by atoms with Crippen LogP contribution in [0.4, 0.5) is 15.9 Å². The van der Waals surface area contributed by atoms with E-state index in [4.69, 9.17) is 5.73 Å². The first-order valence-corrected chi connectivity index (χ1v) is 8.83. The largest absolute Gasteiger partial charge is 0.399 e. The summed E-state index contributed by atoms with van der Waals surface area (Å²) in [4.78, 5) is 21.4. The van der Waals surface area contributed by atoms with Crippen molar-refractivity contribution in [3.63, 3.8) is 0 Å². The number of carbonyl (C=O) groups is 1. The number of aromatic nitrogens is 2. The normalized spacial score (nSPS) is 10.4. The van der Waals surface area contributed by atoms with Crippen molar-refractivity contribution in [3.05, 3.63) is 77.4 Å². The van der Waals surface area contributed by atoms with Gasteiger partial charge in [-0.25, -0.2) is 14.4 Å². The van der Waals surface area contributed by atoms with E-state index in [0.29, 0.717) is 28.5 Å². The molecule has 0 bridgehead atoms. The lowest BCUT2D eigenvalue weighted by Crippen LogP contribution is -2.16. The van der Waals surface area contributed by atoms with Gasteiger partial charge in [0, 0.05) is 11.3 Å². The van der Waals surface area contributed by atoms with E-state index in [1.165, 1.54) is 12.1 Å². The van der Waals surface area contributed by atoms with Gasteiger partial charge in [-0.05, 0) is 49.8 Å². The second kappa shape index (κ2) is 8.43. The standard InChI is InChI=1S/C22H21FN4O/c1-14(2)11-19-22(27-21(28)12-15-3-7-17(23)8-4-15)25-13-20(26-19)16-5-9-18(24)10-6-16/h3-11,13H,12,24H2,1-2H3,(H,25,27,28). The van der Waals surface area contributed by atoms with Crippen LogP contribution in [0.5, 0.6) is 0 Å². The quantitative estimate of drug-likeness (QED) is 0.644. The zero-order valence-corrected chi connectivity index (χ0v) is 15.7.